The highest BCUT2D eigenvalue weighted by Crippen LogP contribution is 2.02. The minimum Gasteiger partial charge on any atom is -0.469 e. The second-order valence-electron chi connectivity index (χ2n) is 3.24. The van der Waals surface area contributed by atoms with E-state index in [-0.39, 0.29) is 5.91 Å². The molecule has 1 N–H and O–H groups in total. The minimum atomic E-state index is -0.0164. The van der Waals surface area contributed by atoms with Gasteiger partial charge in [0.1, 0.15) is 5.76 Å². The Morgan fingerprint density at radius 1 is 1.62 bits per heavy atom. The molecule has 6 nitrogen and oxygen atoms in total. The number of azide groups is 1. The van der Waals surface area contributed by atoms with Gasteiger partial charge in [0.2, 0.25) is 5.91 Å². The van der Waals surface area contributed by atoms with Crippen LogP contribution in [0.2, 0.25) is 0 Å². The van der Waals surface area contributed by atoms with Crippen LogP contribution in [0.4, 0.5) is 0 Å². The summed E-state index contributed by atoms with van der Waals surface area (Å²) in [6.45, 7) is 0.949. The Morgan fingerprint density at radius 2 is 2.50 bits per heavy atom. The van der Waals surface area contributed by atoms with E-state index in [0.29, 0.717) is 32.4 Å². The lowest BCUT2D eigenvalue weighted by molar-refractivity contribution is -0.121. The lowest BCUT2D eigenvalue weighted by atomic mass is 10.2. The van der Waals surface area contributed by atoms with Crippen molar-refractivity contribution in [3.05, 3.63) is 34.6 Å². The Bertz CT molecular complexity index is 355. The number of amides is 1. The second kappa shape index (κ2) is 7.36. The van der Waals surface area contributed by atoms with Crippen molar-refractivity contribution in [2.24, 2.45) is 5.11 Å². The molecule has 0 spiro atoms. The Hall–Kier alpha value is -1.94. The maximum absolute atomic E-state index is 11.3. The summed E-state index contributed by atoms with van der Waals surface area (Å²) in [4.78, 5) is 13.9. The van der Waals surface area contributed by atoms with Gasteiger partial charge in [-0.1, -0.05) is 5.11 Å². The van der Waals surface area contributed by atoms with Crippen LogP contribution < -0.4 is 5.32 Å². The number of rotatable bonds is 7. The SMILES string of the molecule is [N-]=[N+]=NCCCNC(=O)CCc1ccco1. The van der Waals surface area contributed by atoms with Crippen molar-refractivity contribution in [2.45, 2.75) is 19.3 Å². The van der Waals surface area contributed by atoms with Gasteiger partial charge in [0, 0.05) is 30.8 Å². The van der Waals surface area contributed by atoms with Gasteiger partial charge >= 0.3 is 0 Å². The number of hydrogen-bond donors (Lipinski definition) is 1. The molecule has 1 amide bonds. The predicted molar refractivity (Wildman–Crippen MR) is 58.7 cm³/mol. The quantitative estimate of drug-likeness (QED) is 0.331. The molecular formula is C10H14N4O2. The Morgan fingerprint density at radius 3 is 3.19 bits per heavy atom. The van der Waals surface area contributed by atoms with Gasteiger partial charge in [0.05, 0.1) is 6.26 Å². The third-order valence-corrected chi connectivity index (χ3v) is 2.00. The molecule has 0 unspecified atom stereocenters. The Labute approximate surface area is 93.3 Å². The largest absolute Gasteiger partial charge is 0.469 e. The molecule has 0 aromatic carbocycles. The average Bonchev–Trinajstić information content (AvgIpc) is 2.79. The first-order chi connectivity index (χ1) is 7.83. The van der Waals surface area contributed by atoms with E-state index in [1.54, 1.807) is 12.3 Å². The summed E-state index contributed by atoms with van der Waals surface area (Å²) in [6, 6.07) is 3.64. The van der Waals surface area contributed by atoms with Crippen LogP contribution in [-0.4, -0.2) is 19.0 Å². The number of carbonyl (C=O) groups is 1. The van der Waals surface area contributed by atoms with Crippen molar-refractivity contribution in [3.63, 3.8) is 0 Å². The van der Waals surface area contributed by atoms with Crippen molar-refractivity contribution in [1.29, 1.82) is 0 Å². The molecule has 0 saturated carbocycles. The number of carbonyl (C=O) groups excluding carboxylic acids is 1. The molecule has 6 heteroatoms. The Kier molecular flexibility index (Phi) is 5.58. The van der Waals surface area contributed by atoms with Gasteiger partial charge in [-0.2, -0.15) is 0 Å². The molecule has 86 valence electrons. The molecule has 1 aromatic heterocycles. The van der Waals surface area contributed by atoms with Crippen molar-refractivity contribution < 1.29 is 9.21 Å². The summed E-state index contributed by atoms with van der Waals surface area (Å²) in [7, 11) is 0. The van der Waals surface area contributed by atoms with Crippen LogP contribution in [0.15, 0.2) is 27.9 Å². The van der Waals surface area contributed by atoms with Gasteiger partial charge in [-0.05, 0) is 24.1 Å². The molecule has 0 radical (unpaired) electrons. The summed E-state index contributed by atoms with van der Waals surface area (Å²) >= 11 is 0. The van der Waals surface area contributed by atoms with E-state index in [1.807, 2.05) is 6.07 Å². The van der Waals surface area contributed by atoms with Gasteiger partial charge in [0.15, 0.2) is 0 Å². The molecule has 0 aliphatic carbocycles. The molecule has 1 rings (SSSR count). The lowest BCUT2D eigenvalue weighted by Crippen LogP contribution is -2.24. The number of furan rings is 1. The highest BCUT2D eigenvalue weighted by Gasteiger charge is 2.02. The van der Waals surface area contributed by atoms with E-state index in [0.717, 1.165) is 5.76 Å². The first-order valence-electron chi connectivity index (χ1n) is 5.13. The molecular weight excluding hydrogens is 208 g/mol. The normalized spacial score (nSPS) is 9.50. The molecule has 0 fully saturated rings. The molecule has 0 aliphatic rings. The van der Waals surface area contributed by atoms with Crippen molar-refractivity contribution in [3.8, 4) is 0 Å². The fourth-order valence-corrected chi connectivity index (χ4v) is 1.20. The van der Waals surface area contributed by atoms with Crippen LogP contribution in [0.5, 0.6) is 0 Å². The molecule has 1 heterocycles. The summed E-state index contributed by atoms with van der Waals surface area (Å²) in [5.41, 5.74) is 8.03. The number of nitrogens with one attached hydrogen (secondary N) is 1. The standard InChI is InChI=1S/C10H14N4O2/c11-14-13-7-2-6-12-10(15)5-4-9-3-1-8-16-9/h1,3,8H,2,4-7H2,(H,12,15). The maximum Gasteiger partial charge on any atom is 0.220 e. The smallest absolute Gasteiger partial charge is 0.220 e. The average molecular weight is 222 g/mol. The number of nitrogens with zero attached hydrogens (tertiary/aromatic N) is 3. The summed E-state index contributed by atoms with van der Waals surface area (Å²) < 4.78 is 5.11. The van der Waals surface area contributed by atoms with Gasteiger partial charge in [0.25, 0.3) is 0 Å². The molecule has 1 aromatic rings. The Balaban J connectivity index is 2.05. The van der Waals surface area contributed by atoms with Crippen molar-refractivity contribution in [2.75, 3.05) is 13.1 Å². The number of hydrogen-bond acceptors (Lipinski definition) is 3. The fraction of sp³-hybridized carbons (Fsp3) is 0.500. The van der Waals surface area contributed by atoms with Gasteiger partial charge in [-0.15, -0.1) is 0 Å². The molecule has 0 bridgehead atoms. The number of aryl methyl sites for hydroxylation is 1. The molecule has 16 heavy (non-hydrogen) atoms. The molecule has 0 saturated heterocycles. The van der Waals surface area contributed by atoms with Gasteiger partial charge < -0.3 is 9.73 Å². The van der Waals surface area contributed by atoms with E-state index in [2.05, 4.69) is 15.3 Å². The van der Waals surface area contributed by atoms with Crippen molar-refractivity contribution >= 4 is 5.91 Å². The van der Waals surface area contributed by atoms with Gasteiger partial charge in [-0.3, -0.25) is 4.79 Å². The van der Waals surface area contributed by atoms with Gasteiger partial charge in [-0.25, -0.2) is 0 Å². The second-order valence-corrected chi connectivity index (χ2v) is 3.24. The highest BCUT2D eigenvalue weighted by atomic mass is 16.3. The van der Waals surface area contributed by atoms with E-state index in [1.165, 1.54) is 0 Å². The van der Waals surface area contributed by atoms with Crippen LogP contribution in [0.3, 0.4) is 0 Å². The zero-order valence-electron chi connectivity index (χ0n) is 8.93. The summed E-state index contributed by atoms with van der Waals surface area (Å²) in [6.07, 6.45) is 3.27. The predicted octanol–water partition coefficient (Wildman–Crippen LogP) is 2.03. The molecule has 0 aliphatic heterocycles. The van der Waals surface area contributed by atoms with Crippen molar-refractivity contribution in [1.82, 2.24) is 5.32 Å². The zero-order valence-corrected chi connectivity index (χ0v) is 8.93. The maximum atomic E-state index is 11.3. The summed E-state index contributed by atoms with van der Waals surface area (Å²) in [5, 5.41) is 6.11. The first-order valence-corrected chi connectivity index (χ1v) is 5.13. The third kappa shape index (κ3) is 5.07. The zero-order chi connectivity index (χ0) is 11.6. The van der Waals surface area contributed by atoms with Crippen LogP contribution >= 0.6 is 0 Å². The molecule has 0 atom stereocenters. The van der Waals surface area contributed by atoms with E-state index in [9.17, 15) is 4.79 Å². The first kappa shape index (κ1) is 12.1. The fourth-order valence-electron chi connectivity index (χ4n) is 1.20. The van der Waals surface area contributed by atoms with Crippen LogP contribution in [-0.2, 0) is 11.2 Å². The minimum absolute atomic E-state index is 0.0164. The lowest BCUT2D eigenvalue weighted by Gasteiger charge is -2.02. The third-order valence-electron chi connectivity index (χ3n) is 2.00. The highest BCUT2D eigenvalue weighted by molar-refractivity contribution is 5.75. The van der Waals surface area contributed by atoms with E-state index in [4.69, 9.17) is 9.95 Å². The van der Waals surface area contributed by atoms with Crippen LogP contribution in [0, 0.1) is 0 Å². The summed E-state index contributed by atoms with van der Waals surface area (Å²) in [5.74, 6) is 0.793. The van der Waals surface area contributed by atoms with Crippen LogP contribution in [0.1, 0.15) is 18.6 Å². The van der Waals surface area contributed by atoms with E-state index < -0.39 is 0 Å². The van der Waals surface area contributed by atoms with Crippen LogP contribution in [0.25, 0.3) is 10.4 Å². The topological polar surface area (TPSA) is 91.0 Å². The van der Waals surface area contributed by atoms with E-state index >= 15 is 0 Å². The monoisotopic (exact) mass is 222 g/mol.